The van der Waals surface area contributed by atoms with Crippen molar-refractivity contribution >= 4 is 17.2 Å². The zero-order valence-electron chi connectivity index (χ0n) is 10.5. The normalized spacial score (nSPS) is 10.5. The molecule has 0 aliphatic rings. The van der Waals surface area contributed by atoms with Gasteiger partial charge in [0.1, 0.15) is 0 Å². The Morgan fingerprint density at radius 2 is 2.28 bits per heavy atom. The first kappa shape index (κ1) is 12.9. The third-order valence-corrected chi connectivity index (χ3v) is 3.56. The highest BCUT2D eigenvalue weighted by atomic mass is 32.1. The summed E-state index contributed by atoms with van der Waals surface area (Å²) in [7, 11) is 0. The molecule has 0 radical (unpaired) electrons. The van der Waals surface area contributed by atoms with Crippen LogP contribution in [0.4, 0.5) is 0 Å². The van der Waals surface area contributed by atoms with Crippen LogP contribution in [0.25, 0.3) is 0 Å². The first-order valence-electron chi connectivity index (χ1n) is 6.11. The Morgan fingerprint density at radius 3 is 2.89 bits per heavy atom. The fraction of sp³-hybridized carbons (Fsp3) is 0.357. The van der Waals surface area contributed by atoms with Crippen molar-refractivity contribution in [2.24, 2.45) is 0 Å². The van der Waals surface area contributed by atoms with E-state index in [0.717, 1.165) is 12.0 Å². The second kappa shape index (κ2) is 6.40. The highest BCUT2D eigenvalue weighted by molar-refractivity contribution is 7.09. The van der Waals surface area contributed by atoms with Gasteiger partial charge in [-0.25, -0.2) is 0 Å². The largest absolute Gasteiger partial charge is 0.472 e. The molecular formula is C14H17NO2S. The molecule has 0 bridgehead atoms. The van der Waals surface area contributed by atoms with Crippen LogP contribution >= 0.6 is 11.3 Å². The molecule has 0 fully saturated rings. The van der Waals surface area contributed by atoms with Crippen molar-refractivity contribution in [1.29, 1.82) is 0 Å². The van der Waals surface area contributed by atoms with Crippen LogP contribution in [-0.2, 0) is 17.9 Å². The first-order valence-corrected chi connectivity index (χ1v) is 6.98. The number of hydrogen-bond acceptors (Lipinski definition) is 3. The highest BCUT2D eigenvalue weighted by Crippen LogP contribution is 2.16. The standard InChI is InChI=1S/C14H17NO2S/c1-2-4-14(16)15(9-12-6-7-17-11-12)10-13-5-3-8-18-13/h3,5-8,11H,2,4,9-10H2,1H3. The van der Waals surface area contributed by atoms with Gasteiger partial charge in [0.2, 0.25) is 5.91 Å². The summed E-state index contributed by atoms with van der Waals surface area (Å²) in [5.74, 6) is 0.201. The third kappa shape index (κ3) is 3.47. The topological polar surface area (TPSA) is 33.5 Å². The van der Waals surface area contributed by atoms with E-state index in [1.807, 2.05) is 29.3 Å². The van der Waals surface area contributed by atoms with Gasteiger partial charge in [-0.3, -0.25) is 4.79 Å². The summed E-state index contributed by atoms with van der Waals surface area (Å²) in [6.45, 7) is 3.33. The lowest BCUT2D eigenvalue weighted by Crippen LogP contribution is -2.29. The van der Waals surface area contributed by atoms with E-state index in [1.165, 1.54) is 4.88 Å². The van der Waals surface area contributed by atoms with Crippen LogP contribution in [0.15, 0.2) is 40.5 Å². The molecule has 0 aliphatic heterocycles. The Hall–Kier alpha value is -1.55. The van der Waals surface area contributed by atoms with E-state index >= 15 is 0 Å². The Balaban J connectivity index is 2.04. The molecule has 0 aromatic carbocycles. The number of thiophene rings is 1. The molecule has 96 valence electrons. The smallest absolute Gasteiger partial charge is 0.223 e. The SMILES string of the molecule is CCCC(=O)N(Cc1ccoc1)Cc1cccs1. The first-order chi connectivity index (χ1) is 8.79. The minimum atomic E-state index is 0.201. The monoisotopic (exact) mass is 263 g/mol. The van der Waals surface area contributed by atoms with Crippen molar-refractivity contribution in [3.05, 3.63) is 46.5 Å². The van der Waals surface area contributed by atoms with Gasteiger partial charge in [0, 0.05) is 23.4 Å². The van der Waals surface area contributed by atoms with Crippen LogP contribution in [0.1, 0.15) is 30.2 Å². The lowest BCUT2D eigenvalue weighted by Gasteiger charge is -2.21. The molecule has 18 heavy (non-hydrogen) atoms. The van der Waals surface area contributed by atoms with E-state index in [-0.39, 0.29) is 5.91 Å². The average molecular weight is 263 g/mol. The molecule has 2 heterocycles. The van der Waals surface area contributed by atoms with E-state index in [0.29, 0.717) is 19.5 Å². The summed E-state index contributed by atoms with van der Waals surface area (Å²) < 4.78 is 5.05. The molecular weight excluding hydrogens is 246 g/mol. The van der Waals surface area contributed by atoms with E-state index < -0.39 is 0 Å². The maximum absolute atomic E-state index is 12.1. The number of rotatable bonds is 6. The predicted molar refractivity (Wildman–Crippen MR) is 72.2 cm³/mol. The highest BCUT2D eigenvalue weighted by Gasteiger charge is 2.14. The molecule has 0 N–H and O–H groups in total. The molecule has 0 atom stereocenters. The number of amides is 1. The van der Waals surface area contributed by atoms with Gasteiger partial charge >= 0.3 is 0 Å². The number of hydrogen-bond donors (Lipinski definition) is 0. The van der Waals surface area contributed by atoms with Crippen molar-refractivity contribution in [3.63, 3.8) is 0 Å². The van der Waals surface area contributed by atoms with E-state index in [9.17, 15) is 4.79 Å². The molecule has 2 aromatic heterocycles. The summed E-state index contributed by atoms with van der Waals surface area (Å²) in [5, 5.41) is 2.04. The van der Waals surface area contributed by atoms with Gasteiger partial charge in [0.15, 0.2) is 0 Å². The summed E-state index contributed by atoms with van der Waals surface area (Å²) in [6, 6.07) is 5.98. The third-order valence-electron chi connectivity index (χ3n) is 2.70. The second-order valence-electron chi connectivity index (χ2n) is 4.21. The minimum absolute atomic E-state index is 0.201. The summed E-state index contributed by atoms with van der Waals surface area (Å²) in [5.41, 5.74) is 1.04. The van der Waals surface area contributed by atoms with Gasteiger partial charge < -0.3 is 9.32 Å². The molecule has 4 heteroatoms. The molecule has 3 nitrogen and oxygen atoms in total. The fourth-order valence-corrected chi connectivity index (χ4v) is 2.52. The lowest BCUT2D eigenvalue weighted by molar-refractivity contribution is -0.132. The van der Waals surface area contributed by atoms with Gasteiger partial charge in [0.05, 0.1) is 19.1 Å². The molecule has 0 saturated carbocycles. The summed E-state index contributed by atoms with van der Waals surface area (Å²) >= 11 is 1.68. The molecule has 2 rings (SSSR count). The van der Waals surface area contributed by atoms with Crippen molar-refractivity contribution in [2.45, 2.75) is 32.9 Å². The number of nitrogens with zero attached hydrogens (tertiary/aromatic N) is 1. The Bertz CT molecular complexity index is 426. The van der Waals surface area contributed by atoms with E-state index in [1.54, 1.807) is 23.9 Å². The Labute approximate surface area is 111 Å². The van der Waals surface area contributed by atoms with Crippen LogP contribution in [0.3, 0.4) is 0 Å². The molecule has 2 aromatic rings. The van der Waals surface area contributed by atoms with Crippen LogP contribution in [0.5, 0.6) is 0 Å². The predicted octanol–water partition coefficient (Wildman–Crippen LogP) is 3.67. The van der Waals surface area contributed by atoms with E-state index in [4.69, 9.17) is 4.42 Å². The fourth-order valence-electron chi connectivity index (χ4n) is 1.80. The second-order valence-corrected chi connectivity index (χ2v) is 5.24. The van der Waals surface area contributed by atoms with Crippen molar-refractivity contribution in [2.75, 3.05) is 0 Å². The number of carbonyl (C=O) groups excluding carboxylic acids is 1. The van der Waals surface area contributed by atoms with Crippen molar-refractivity contribution in [3.8, 4) is 0 Å². The van der Waals surface area contributed by atoms with Gasteiger partial charge in [-0.05, 0) is 23.9 Å². The number of carbonyl (C=O) groups is 1. The minimum Gasteiger partial charge on any atom is -0.472 e. The zero-order valence-corrected chi connectivity index (χ0v) is 11.3. The maximum Gasteiger partial charge on any atom is 0.223 e. The molecule has 0 spiro atoms. The summed E-state index contributed by atoms with van der Waals surface area (Å²) in [6.07, 6.45) is 4.82. The van der Waals surface area contributed by atoms with Crippen LogP contribution in [0, 0.1) is 0 Å². The molecule has 0 unspecified atom stereocenters. The molecule has 0 aliphatic carbocycles. The van der Waals surface area contributed by atoms with Crippen molar-refractivity contribution in [1.82, 2.24) is 4.90 Å². The molecule has 0 saturated heterocycles. The Morgan fingerprint density at radius 1 is 1.39 bits per heavy atom. The van der Waals surface area contributed by atoms with Gasteiger partial charge in [-0.1, -0.05) is 13.0 Å². The van der Waals surface area contributed by atoms with Gasteiger partial charge in [-0.2, -0.15) is 0 Å². The average Bonchev–Trinajstić information content (AvgIpc) is 3.01. The summed E-state index contributed by atoms with van der Waals surface area (Å²) in [4.78, 5) is 15.2. The van der Waals surface area contributed by atoms with Crippen LogP contribution in [-0.4, -0.2) is 10.8 Å². The maximum atomic E-state index is 12.1. The van der Waals surface area contributed by atoms with Gasteiger partial charge in [0.25, 0.3) is 0 Å². The van der Waals surface area contributed by atoms with Crippen molar-refractivity contribution < 1.29 is 9.21 Å². The zero-order chi connectivity index (χ0) is 12.8. The quantitative estimate of drug-likeness (QED) is 0.796. The Kier molecular flexibility index (Phi) is 4.59. The molecule has 1 amide bonds. The van der Waals surface area contributed by atoms with Crippen LogP contribution < -0.4 is 0 Å². The van der Waals surface area contributed by atoms with E-state index in [2.05, 4.69) is 6.07 Å². The number of furan rings is 1. The van der Waals surface area contributed by atoms with Crippen LogP contribution in [0.2, 0.25) is 0 Å². The lowest BCUT2D eigenvalue weighted by atomic mass is 10.2. The van der Waals surface area contributed by atoms with Gasteiger partial charge in [-0.15, -0.1) is 11.3 Å².